The summed E-state index contributed by atoms with van der Waals surface area (Å²) < 4.78 is 5.41. The van der Waals surface area contributed by atoms with Crippen LogP contribution in [0.5, 0.6) is 0 Å². The lowest BCUT2D eigenvalue weighted by molar-refractivity contribution is 0.0975. The highest BCUT2D eigenvalue weighted by molar-refractivity contribution is 7.80. The van der Waals surface area contributed by atoms with Crippen molar-refractivity contribution in [2.75, 3.05) is 6.61 Å². The first kappa shape index (κ1) is 14.4. The van der Waals surface area contributed by atoms with Crippen LogP contribution in [0.4, 0.5) is 0 Å². The number of benzene rings is 2. The van der Waals surface area contributed by atoms with E-state index in [4.69, 9.17) is 17.0 Å². The third-order valence-electron chi connectivity index (χ3n) is 2.98. The summed E-state index contributed by atoms with van der Waals surface area (Å²) in [6.45, 7) is 2.32. The second-order valence-electron chi connectivity index (χ2n) is 4.33. The quantitative estimate of drug-likeness (QED) is 0.613. The molecule has 0 aliphatic carbocycles. The predicted molar refractivity (Wildman–Crippen MR) is 84.2 cm³/mol. The van der Waals surface area contributed by atoms with Gasteiger partial charge in [-0.15, -0.1) is 0 Å². The highest BCUT2D eigenvalue weighted by atomic mass is 32.1. The van der Waals surface area contributed by atoms with Crippen molar-refractivity contribution < 1.29 is 9.53 Å². The Morgan fingerprint density at radius 1 is 1.05 bits per heavy atom. The van der Waals surface area contributed by atoms with E-state index in [0.717, 1.165) is 5.56 Å². The highest BCUT2D eigenvalue weighted by Crippen LogP contribution is 2.23. The van der Waals surface area contributed by atoms with Gasteiger partial charge in [0.1, 0.15) is 5.92 Å². The molecule has 0 saturated heterocycles. The molecule has 2 aromatic rings. The lowest BCUT2D eigenvalue weighted by atomic mass is 9.91. The van der Waals surface area contributed by atoms with Gasteiger partial charge in [0.2, 0.25) is 0 Å². The molecule has 2 aromatic carbocycles. The number of Topliss-reactive ketones (excluding diaryl/α,β-unsaturated/α-hetero) is 1. The molecule has 0 aliphatic heterocycles. The topological polar surface area (TPSA) is 26.3 Å². The average molecular weight is 284 g/mol. The minimum atomic E-state index is -0.534. The molecule has 0 heterocycles. The van der Waals surface area contributed by atoms with Crippen LogP contribution in [0, 0.1) is 0 Å². The summed E-state index contributed by atoms with van der Waals surface area (Å²) in [5, 5.41) is 0.326. The number of carbonyl (C=O) groups is 1. The van der Waals surface area contributed by atoms with E-state index in [0.29, 0.717) is 17.2 Å². The molecule has 0 bridgehead atoms. The summed E-state index contributed by atoms with van der Waals surface area (Å²) in [5.41, 5.74) is 1.50. The minimum Gasteiger partial charge on any atom is -0.486 e. The second-order valence-corrected chi connectivity index (χ2v) is 4.73. The van der Waals surface area contributed by atoms with Crippen LogP contribution < -0.4 is 0 Å². The normalized spacial score (nSPS) is 11.7. The number of carbonyl (C=O) groups excluding carboxylic acids is 1. The van der Waals surface area contributed by atoms with E-state index in [1.165, 1.54) is 0 Å². The molecular weight excluding hydrogens is 268 g/mol. The number of ketones is 1. The molecule has 0 saturated carbocycles. The van der Waals surface area contributed by atoms with Crippen molar-refractivity contribution in [3.05, 3.63) is 71.8 Å². The Morgan fingerprint density at radius 3 is 2.15 bits per heavy atom. The van der Waals surface area contributed by atoms with Crippen LogP contribution in [0.2, 0.25) is 0 Å². The molecule has 1 atom stereocenters. The first-order valence-corrected chi connectivity index (χ1v) is 6.95. The molecule has 2 rings (SSSR count). The third kappa shape index (κ3) is 3.31. The van der Waals surface area contributed by atoms with E-state index >= 15 is 0 Å². The van der Waals surface area contributed by atoms with E-state index < -0.39 is 5.92 Å². The number of hydrogen-bond acceptors (Lipinski definition) is 3. The summed E-state index contributed by atoms with van der Waals surface area (Å²) in [6, 6.07) is 18.7. The van der Waals surface area contributed by atoms with Gasteiger partial charge in [-0.25, -0.2) is 0 Å². The van der Waals surface area contributed by atoms with Gasteiger partial charge in [-0.2, -0.15) is 0 Å². The maximum Gasteiger partial charge on any atom is 0.178 e. The van der Waals surface area contributed by atoms with Crippen LogP contribution in [-0.4, -0.2) is 17.4 Å². The summed E-state index contributed by atoms with van der Waals surface area (Å²) in [5.74, 6) is -0.566. The molecule has 0 fully saturated rings. The molecule has 0 aliphatic rings. The van der Waals surface area contributed by atoms with Gasteiger partial charge >= 0.3 is 0 Å². The van der Waals surface area contributed by atoms with Gasteiger partial charge in [-0.05, 0) is 24.7 Å². The maximum atomic E-state index is 12.7. The van der Waals surface area contributed by atoms with Crippen molar-refractivity contribution in [1.82, 2.24) is 0 Å². The average Bonchev–Trinajstić information content (AvgIpc) is 2.50. The molecule has 0 amide bonds. The van der Waals surface area contributed by atoms with Crippen molar-refractivity contribution in [3.63, 3.8) is 0 Å². The van der Waals surface area contributed by atoms with Gasteiger partial charge in [0.05, 0.1) is 6.61 Å². The molecule has 0 radical (unpaired) electrons. The van der Waals surface area contributed by atoms with Crippen molar-refractivity contribution >= 4 is 23.1 Å². The second kappa shape index (κ2) is 6.96. The van der Waals surface area contributed by atoms with Gasteiger partial charge in [0.15, 0.2) is 10.8 Å². The minimum absolute atomic E-state index is 0.0322. The van der Waals surface area contributed by atoms with Gasteiger partial charge < -0.3 is 4.74 Å². The molecule has 3 heteroatoms. The summed E-state index contributed by atoms with van der Waals surface area (Å²) in [6.07, 6.45) is 0. The third-order valence-corrected chi connectivity index (χ3v) is 3.33. The van der Waals surface area contributed by atoms with E-state index in [9.17, 15) is 4.79 Å². The van der Waals surface area contributed by atoms with E-state index in [2.05, 4.69) is 0 Å². The maximum absolute atomic E-state index is 12.7. The predicted octanol–water partition coefficient (Wildman–Crippen LogP) is 4.02. The van der Waals surface area contributed by atoms with Gasteiger partial charge in [-0.1, -0.05) is 60.7 Å². The molecule has 1 unspecified atom stereocenters. The Morgan fingerprint density at radius 2 is 1.60 bits per heavy atom. The van der Waals surface area contributed by atoms with E-state index in [1.807, 2.05) is 55.5 Å². The van der Waals surface area contributed by atoms with Crippen molar-refractivity contribution in [1.29, 1.82) is 0 Å². The smallest absolute Gasteiger partial charge is 0.178 e. The van der Waals surface area contributed by atoms with E-state index in [1.54, 1.807) is 12.1 Å². The fourth-order valence-electron chi connectivity index (χ4n) is 2.03. The fourth-order valence-corrected chi connectivity index (χ4v) is 2.40. The summed E-state index contributed by atoms with van der Waals surface area (Å²) in [4.78, 5) is 12.7. The number of rotatable bonds is 5. The van der Waals surface area contributed by atoms with Crippen LogP contribution in [-0.2, 0) is 4.74 Å². The molecule has 0 aromatic heterocycles. The zero-order chi connectivity index (χ0) is 14.4. The van der Waals surface area contributed by atoms with Gasteiger partial charge in [-0.3, -0.25) is 4.79 Å². The van der Waals surface area contributed by atoms with E-state index in [-0.39, 0.29) is 5.78 Å². The van der Waals surface area contributed by atoms with Gasteiger partial charge in [0.25, 0.3) is 0 Å². The molecule has 0 N–H and O–H groups in total. The Hall–Kier alpha value is -2.00. The molecular formula is C17H16O2S. The molecule has 102 valence electrons. The zero-order valence-electron chi connectivity index (χ0n) is 11.3. The monoisotopic (exact) mass is 284 g/mol. The highest BCUT2D eigenvalue weighted by Gasteiger charge is 2.27. The summed E-state index contributed by atoms with van der Waals surface area (Å²) >= 11 is 5.29. The molecule has 2 nitrogen and oxygen atoms in total. The summed E-state index contributed by atoms with van der Waals surface area (Å²) in [7, 11) is 0. The van der Waals surface area contributed by atoms with Crippen LogP contribution in [0.3, 0.4) is 0 Å². The zero-order valence-corrected chi connectivity index (χ0v) is 12.1. The Labute approximate surface area is 124 Å². The van der Waals surface area contributed by atoms with Crippen molar-refractivity contribution in [3.8, 4) is 0 Å². The molecule has 0 spiro atoms. The van der Waals surface area contributed by atoms with Crippen LogP contribution in [0.25, 0.3) is 0 Å². The van der Waals surface area contributed by atoms with Gasteiger partial charge in [0, 0.05) is 5.56 Å². The Bertz CT molecular complexity index is 578. The standard InChI is InChI=1S/C17H16O2S/c1-2-19-17(20)15(13-9-5-3-6-10-13)16(18)14-11-7-4-8-12-14/h3-12,15H,2H2,1H3. The fraction of sp³-hybridized carbons (Fsp3) is 0.176. The van der Waals surface area contributed by atoms with Crippen molar-refractivity contribution in [2.45, 2.75) is 12.8 Å². The lowest BCUT2D eigenvalue weighted by Gasteiger charge is -2.17. The number of hydrogen-bond donors (Lipinski definition) is 0. The lowest BCUT2D eigenvalue weighted by Crippen LogP contribution is -2.23. The van der Waals surface area contributed by atoms with Crippen LogP contribution in [0.15, 0.2) is 60.7 Å². The molecule has 20 heavy (non-hydrogen) atoms. The SMILES string of the molecule is CCOC(=S)C(C(=O)c1ccccc1)c1ccccc1. The Kier molecular flexibility index (Phi) is 5.02. The number of thiocarbonyl (C=S) groups is 1. The van der Waals surface area contributed by atoms with Crippen molar-refractivity contribution in [2.24, 2.45) is 0 Å². The largest absolute Gasteiger partial charge is 0.486 e. The Balaban J connectivity index is 2.37. The number of ether oxygens (including phenoxy) is 1. The first-order chi connectivity index (χ1) is 9.74. The van der Waals surface area contributed by atoms with Crippen LogP contribution >= 0.6 is 12.2 Å². The first-order valence-electron chi connectivity index (χ1n) is 6.55. The van der Waals surface area contributed by atoms with Crippen LogP contribution in [0.1, 0.15) is 28.8 Å².